The van der Waals surface area contributed by atoms with Gasteiger partial charge in [-0.15, -0.1) is 0 Å². The summed E-state index contributed by atoms with van der Waals surface area (Å²) in [6.45, 7) is 4.64. The standard InChI is InChI=1S/C7H9NO3/c1-4-5(2)11-7(10)8(4)6(3)9/h1-3H3. The third-order valence-corrected chi connectivity index (χ3v) is 1.58. The molecule has 60 valence electrons. The molecule has 0 bridgehead atoms. The van der Waals surface area contributed by atoms with Crippen molar-refractivity contribution in [3.8, 4) is 0 Å². The van der Waals surface area contributed by atoms with E-state index >= 15 is 0 Å². The summed E-state index contributed by atoms with van der Waals surface area (Å²) >= 11 is 0. The van der Waals surface area contributed by atoms with Gasteiger partial charge in [0.05, 0.1) is 5.69 Å². The highest BCUT2D eigenvalue weighted by atomic mass is 16.4. The molecule has 4 nitrogen and oxygen atoms in total. The maximum Gasteiger partial charge on any atom is 0.426 e. The summed E-state index contributed by atoms with van der Waals surface area (Å²) in [5.74, 6) is -0.429. The summed E-state index contributed by atoms with van der Waals surface area (Å²) in [4.78, 5) is 21.7. The zero-order valence-corrected chi connectivity index (χ0v) is 6.67. The maximum atomic E-state index is 10.9. The van der Waals surface area contributed by atoms with Crippen molar-refractivity contribution in [2.45, 2.75) is 20.8 Å². The number of hydrogen-bond acceptors (Lipinski definition) is 3. The van der Waals surface area contributed by atoms with Crippen LogP contribution in [0.4, 0.5) is 0 Å². The normalized spacial score (nSPS) is 10.1. The first-order valence-electron chi connectivity index (χ1n) is 3.24. The molecule has 0 N–H and O–H groups in total. The second kappa shape index (κ2) is 2.38. The Morgan fingerprint density at radius 2 is 2.00 bits per heavy atom. The smallest absolute Gasteiger partial charge is 0.413 e. The number of nitrogens with zero attached hydrogens (tertiary/aromatic N) is 1. The molecular formula is C7H9NO3. The first-order valence-corrected chi connectivity index (χ1v) is 3.24. The Morgan fingerprint density at radius 1 is 1.45 bits per heavy atom. The van der Waals surface area contributed by atoms with Gasteiger partial charge in [-0.05, 0) is 13.8 Å². The molecule has 0 fully saturated rings. The molecule has 0 aliphatic carbocycles. The Balaban J connectivity index is 3.46. The molecule has 4 heteroatoms. The van der Waals surface area contributed by atoms with Gasteiger partial charge >= 0.3 is 5.76 Å². The Bertz CT molecular complexity index is 345. The quantitative estimate of drug-likeness (QED) is 0.554. The molecule has 11 heavy (non-hydrogen) atoms. The average Bonchev–Trinajstić information content (AvgIpc) is 2.07. The van der Waals surface area contributed by atoms with E-state index in [2.05, 4.69) is 0 Å². The van der Waals surface area contributed by atoms with Gasteiger partial charge in [0, 0.05) is 6.92 Å². The number of oxazole rings is 1. The molecule has 0 saturated heterocycles. The van der Waals surface area contributed by atoms with E-state index in [0.29, 0.717) is 11.5 Å². The molecule has 0 saturated carbocycles. The van der Waals surface area contributed by atoms with E-state index in [-0.39, 0.29) is 5.91 Å². The average molecular weight is 155 g/mol. The first-order chi connectivity index (χ1) is 5.04. The molecule has 0 aliphatic heterocycles. The van der Waals surface area contributed by atoms with Crippen LogP contribution in [0.25, 0.3) is 0 Å². The second-order valence-electron chi connectivity index (χ2n) is 2.36. The fraction of sp³-hybridized carbons (Fsp3) is 0.429. The molecule has 0 radical (unpaired) electrons. The van der Waals surface area contributed by atoms with Crippen LogP contribution in [-0.2, 0) is 0 Å². The van der Waals surface area contributed by atoms with Gasteiger partial charge in [-0.25, -0.2) is 9.36 Å². The van der Waals surface area contributed by atoms with Crippen LogP contribution >= 0.6 is 0 Å². The molecule has 0 aliphatic rings. The fourth-order valence-electron chi connectivity index (χ4n) is 0.910. The highest BCUT2D eigenvalue weighted by Gasteiger charge is 2.11. The number of hydrogen-bond donors (Lipinski definition) is 0. The van der Waals surface area contributed by atoms with Crippen molar-refractivity contribution in [3.63, 3.8) is 0 Å². The van der Waals surface area contributed by atoms with Gasteiger partial charge in [0.1, 0.15) is 5.76 Å². The van der Waals surface area contributed by atoms with E-state index < -0.39 is 5.76 Å². The number of aryl methyl sites for hydroxylation is 1. The maximum absolute atomic E-state index is 10.9. The van der Waals surface area contributed by atoms with Crippen LogP contribution in [0.5, 0.6) is 0 Å². The van der Waals surface area contributed by atoms with Gasteiger partial charge in [-0.2, -0.15) is 0 Å². The SMILES string of the molecule is CC(=O)n1c(C)c(C)oc1=O. The van der Waals surface area contributed by atoms with Gasteiger partial charge in [0.2, 0.25) is 5.91 Å². The fourth-order valence-corrected chi connectivity index (χ4v) is 0.910. The van der Waals surface area contributed by atoms with Crippen LogP contribution in [0, 0.1) is 13.8 Å². The van der Waals surface area contributed by atoms with E-state index in [1.165, 1.54) is 6.92 Å². The predicted molar refractivity (Wildman–Crippen MR) is 38.7 cm³/mol. The summed E-state index contributed by atoms with van der Waals surface area (Å²) in [6, 6.07) is 0. The van der Waals surface area contributed by atoms with Crippen molar-refractivity contribution in [3.05, 3.63) is 22.0 Å². The van der Waals surface area contributed by atoms with E-state index in [0.717, 1.165) is 4.57 Å². The number of aromatic nitrogens is 1. The highest BCUT2D eigenvalue weighted by molar-refractivity contribution is 5.76. The lowest BCUT2D eigenvalue weighted by Gasteiger charge is -1.93. The van der Waals surface area contributed by atoms with Crippen LogP contribution in [0.15, 0.2) is 9.21 Å². The van der Waals surface area contributed by atoms with Gasteiger partial charge < -0.3 is 4.42 Å². The molecule has 1 heterocycles. The lowest BCUT2D eigenvalue weighted by atomic mass is 10.4. The van der Waals surface area contributed by atoms with Crippen molar-refractivity contribution < 1.29 is 9.21 Å². The van der Waals surface area contributed by atoms with E-state index in [1.54, 1.807) is 13.8 Å². The topological polar surface area (TPSA) is 52.2 Å². The zero-order valence-electron chi connectivity index (χ0n) is 6.67. The lowest BCUT2D eigenvalue weighted by Crippen LogP contribution is -2.20. The van der Waals surface area contributed by atoms with Gasteiger partial charge in [0.25, 0.3) is 0 Å². The molecule has 0 aromatic carbocycles. The van der Waals surface area contributed by atoms with Gasteiger partial charge in [-0.1, -0.05) is 0 Å². The van der Waals surface area contributed by atoms with Crippen molar-refractivity contribution in [2.24, 2.45) is 0 Å². The predicted octanol–water partition coefficient (Wildman–Crippen LogP) is 0.718. The zero-order chi connectivity index (χ0) is 8.59. The molecule has 1 aromatic rings. The van der Waals surface area contributed by atoms with Crippen LogP contribution in [0.1, 0.15) is 23.2 Å². The Hall–Kier alpha value is -1.32. The molecule has 1 aromatic heterocycles. The van der Waals surface area contributed by atoms with Gasteiger partial charge in [0.15, 0.2) is 0 Å². The van der Waals surface area contributed by atoms with Crippen molar-refractivity contribution >= 4 is 5.91 Å². The minimum Gasteiger partial charge on any atom is -0.413 e. The summed E-state index contributed by atoms with van der Waals surface area (Å²) < 4.78 is 5.70. The Morgan fingerprint density at radius 3 is 2.18 bits per heavy atom. The van der Waals surface area contributed by atoms with Crippen molar-refractivity contribution in [2.75, 3.05) is 0 Å². The molecular weight excluding hydrogens is 146 g/mol. The van der Waals surface area contributed by atoms with E-state index in [9.17, 15) is 9.59 Å². The van der Waals surface area contributed by atoms with Crippen molar-refractivity contribution in [1.82, 2.24) is 4.57 Å². The summed E-state index contributed by atoms with van der Waals surface area (Å²) in [5, 5.41) is 0. The minimum atomic E-state index is -0.604. The van der Waals surface area contributed by atoms with E-state index in [4.69, 9.17) is 4.42 Å². The van der Waals surface area contributed by atoms with Gasteiger partial charge in [-0.3, -0.25) is 4.79 Å². The van der Waals surface area contributed by atoms with E-state index in [1.807, 2.05) is 0 Å². The lowest BCUT2D eigenvalue weighted by molar-refractivity contribution is 0.0926. The molecule has 1 rings (SSSR count). The van der Waals surface area contributed by atoms with Crippen LogP contribution < -0.4 is 5.76 Å². The molecule has 0 unspecified atom stereocenters. The third kappa shape index (κ3) is 1.11. The molecule has 0 amide bonds. The number of carbonyl (C=O) groups excluding carboxylic acids is 1. The number of rotatable bonds is 0. The third-order valence-electron chi connectivity index (χ3n) is 1.58. The monoisotopic (exact) mass is 155 g/mol. The Kier molecular flexibility index (Phi) is 1.68. The van der Waals surface area contributed by atoms with Crippen LogP contribution in [0.3, 0.4) is 0 Å². The highest BCUT2D eigenvalue weighted by Crippen LogP contribution is 2.02. The van der Waals surface area contributed by atoms with Crippen LogP contribution in [-0.4, -0.2) is 10.5 Å². The molecule has 0 spiro atoms. The van der Waals surface area contributed by atoms with Crippen LogP contribution in [0.2, 0.25) is 0 Å². The van der Waals surface area contributed by atoms with Crippen molar-refractivity contribution in [1.29, 1.82) is 0 Å². The largest absolute Gasteiger partial charge is 0.426 e. The first kappa shape index (κ1) is 7.78. The summed E-state index contributed by atoms with van der Waals surface area (Å²) in [5.41, 5.74) is 0.572. The summed E-state index contributed by atoms with van der Waals surface area (Å²) in [6.07, 6.45) is 0. The Labute approximate surface area is 63.4 Å². The second-order valence-corrected chi connectivity index (χ2v) is 2.36. The molecule has 0 atom stereocenters. The summed E-state index contributed by atoms with van der Waals surface area (Å²) in [7, 11) is 0. The minimum absolute atomic E-state index is 0.315. The number of carbonyl (C=O) groups is 1.